The molecule has 1 aliphatic heterocycles. The van der Waals surface area contributed by atoms with Crippen molar-refractivity contribution in [1.82, 2.24) is 14.9 Å². The van der Waals surface area contributed by atoms with Gasteiger partial charge in [-0.1, -0.05) is 12.1 Å². The molecular weight excluding hydrogens is 279 g/mol. The standard InChI is InChI=1S/C13H11FN4O3/c1-18-10-8(11(19)17-13(18)21)9(15-12(20)16-10)6-2-4-7(14)5-3-6/h2-5,9H,1H3,(H2,15,16,20)(H,17,19,21)/t9-/m1/s1. The number of nitrogens with one attached hydrogen (secondary N) is 3. The zero-order chi connectivity index (χ0) is 15.1. The van der Waals surface area contributed by atoms with E-state index in [1.165, 1.54) is 31.3 Å². The molecule has 1 aromatic carbocycles. The molecule has 0 radical (unpaired) electrons. The molecule has 2 amide bonds. The molecule has 1 atom stereocenters. The van der Waals surface area contributed by atoms with Gasteiger partial charge >= 0.3 is 11.7 Å². The number of rotatable bonds is 1. The van der Waals surface area contributed by atoms with Gasteiger partial charge < -0.3 is 5.32 Å². The third-order valence-corrected chi connectivity index (χ3v) is 3.36. The largest absolute Gasteiger partial charge is 0.329 e. The van der Waals surface area contributed by atoms with Gasteiger partial charge in [0.15, 0.2) is 0 Å². The summed E-state index contributed by atoms with van der Waals surface area (Å²) in [5.74, 6) is -0.296. The third kappa shape index (κ3) is 2.10. The minimum atomic E-state index is -0.759. The fourth-order valence-electron chi connectivity index (χ4n) is 2.31. The van der Waals surface area contributed by atoms with Gasteiger partial charge in [-0.25, -0.2) is 14.0 Å². The summed E-state index contributed by atoms with van der Waals surface area (Å²) in [4.78, 5) is 37.6. The molecule has 2 aromatic rings. The Balaban J connectivity index is 2.25. The minimum Gasteiger partial charge on any atom is -0.327 e. The van der Waals surface area contributed by atoms with Gasteiger partial charge in [-0.15, -0.1) is 0 Å². The van der Waals surface area contributed by atoms with E-state index in [1.54, 1.807) is 0 Å². The number of hydrogen-bond acceptors (Lipinski definition) is 3. The Labute approximate surface area is 117 Å². The van der Waals surface area contributed by atoms with Gasteiger partial charge in [0.2, 0.25) is 0 Å². The zero-order valence-electron chi connectivity index (χ0n) is 10.9. The van der Waals surface area contributed by atoms with E-state index in [1.807, 2.05) is 0 Å². The van der Waals surface area contributed by atoms with E-state index in [4.69, 9.17) is 0 Å². The SMILES string of the molecule is Cn1c2c(c(=O)[nH]c1=O)[C@@H](c1ccc(F)cc1)NC(=O)N2. The Morgan fingerprint density at radius 2 is 1.81 bits per heavy atom. The van der Waals surface area contributed by atoms with Gasteiger partial charge in [0, 0.05) is 7.05 Å². The lowest BCUT2D eigenvalue weighted by atomic mass is 9.98. The highest BCUT2D eigenvalue weighted by Gasteiger charge is 2.30. The molecule has 0 unspecified atom stereocenters. The van der Waals surface area contributed by atoms with Crippen molar-refractivity contribution >= 4 is 11.8 Å². The third-order valence-electron chi connectivity index (χ3n) is 3.36. The molecule has 21 heavy (non-hydrogen) atoms. The van der Waals surface area contributed by atoms with Crippen molar-refractivity contribution < 1.29 is 9.18 Å². The van der Waals surface area contributed by atoms with Crippen LogP contribution in [-0.2, 0) is 7.05 Å². The van der Waals surface area contributed by atoms with Crippen LogP contribution >= 0.6 is 0 Å². The molecule has 1 aromatic heterocycles. The lowest BCUT2D eigenvalue weighted by molar-refractivity contribution is 0.248. The molecule has 0 aliphatic carbocycles. The van der Waals surface area contributed by atoms with Crippen LogP contribution in [0.15, 0.2) is 33.9 Å². The molecule has 108 valence electrons. The average molecular weight is 290 g/mol. The van der Waals surface area contributed by atoms with Crippen LogP contribution in [0.1, 0.15) is 17.2 Å². The monoisotopic (exact) mass is 290 g/mol. The van der Waals surface area contributed by atoms with Crippen molar-refractivity contribution in [2.75, 3.05) is 5.32 Å². The van der Waals surface area contributed by atoms with Crippen molar-refractivity contribution in [2.24, 2.45) is 7.05 Å². The Kier molecular flexibility index (Phi) is 2.86. The highest BCUT2D eigenvalue weighted by atomic mass is 19.1. The quantitative estimate of drug-likeness (QED) is 0.711. The van der Waals surface area contributed by atoms with Crippen LogP contribution in [0.3, 0.4) is 0 Å². The van der Waals surface area contributed by atoms with Crippen LogP contribution in [0.2, 0.25) is 0 Å². The van der Waals surface area contributed by atoms with Gasteiger partial charge in [-0.2, -0.15) is 0 Å². The predicted molar refractivity (Wildman–Crippen MR) is 72.7 cm³/mol. The molecule has 0 fully saturated rings. The van der Waals surface area contributed by atoms with Crippen molar-refractivity contribution in [2.45, 2.75) is 6.04 Å². The molecule has 2 heterocycles. The molecule has 0 saturated carbocycles. The summed E-state index contributed by atoms with van der Waals surface area (Å²) in [5, 5.41) is 5.03. The van der Waals surface area contributed by atoms with Crippen LogP contribution in [0.25, 0.3) is 0 Å². The van der Waals surface area contributed by atoms with Crippen molar-refractivity contribution in [3.05, 3.63) is 62.0 Å². The number of nitrogens with zero attached hydrogens (tertiary/aromatic N) is 1. The van der Waals surface area contributed by atoms with Crippen molar-refractivity contribution in [3.8, 4) is 0 Å². The fourth-order valence-corrected chi connectivity index (χ4v) is 2.31. The normalized spacial score (nSPS) is 16.9. The summed E-state index contributed by atoms with van der Waals surface area (Å²) in [7, 11) is 1.43. The molecule has 0 bridgehead atoms. The van der Waals surface area contributed by atoms with Gasteiger partial charge in [0.05, 0.1) is 11.6 Å². The highest BCUT2D eigenvalue weighted by Crippen LogP contribution is 2.27. The van der Waals surface area contributed by atoms with Gasteiger partial charge in [-0.05, 0) is 17.7 Å². The Morgan fingerprint density at radius 3 is 2.48 bits per heavy atom. The summed E-state index contributed by atoms with van der Waals surface area (Å²) in [5.41, 5.74) is -0.492. The average Bonchev–Trinajstić information content (AvgIpc) is 2.44. The second-order valence-electron chi connectivity index (χ2n) is 4.66. The first kappa shape index (κ1) is 13.1. The number of anilines is 1. The molecule has 3 N–H and O–H groups in total. The number of amides is 2. The fraction of sp³-hybridized carbons (Fsp3) is 0.154. The Bertz CT molecular complexity index is 838. The first-order valence-electron chi connectivity index (χ1n) is 6.13. The maximum absolute atomic E-state index is 13.0. The first-order chi connectivity index (χ1) is 9.97. The molecule has 1 aliphatic rings. The van der Waals surface area contributed by atoms with E-state index in [-0.39, 0.29) is 11.4 Å². The summed E-state index contributed by atoms with van der Waals surface area (Å²) in [6.45, 7) is 0. The summed E-state index contributed by atoms with van der Waals surface area (Å²) < 4.78 is 14.2. The van der Waals surface area contributed by atoms with Crippen molar-refractivity contribution in [1.29, 1.82) is 0 Å². The second-order valence-corrected chi connectivity index (χ2v) is 4.66. The van der Waals surface area contributed by atoms with Gasteiger partial charge in [0.25, 0.3) is 5.56 Å². The van der Waals surface area contributed by atoms with Gasteiger partial charge in [0.1, 0.15) is 11.6 Å². The van der Waals surface area contributed by atoms with E-state index in [0.717, 1.165) is 4.57 Å². The zero-order valence-corrected chi connectivity index (χ0v) is 10.9. The lowest BCUT2D eigenvalue weighted by Crippen LogP contribution is -2.46. The predicted octanol–water partition coefficient (Wildman–Crippen LogP) is 0.437. The molecule has 0 saturated heterocycles. The van der Waals surface area contributed by atoms with E-state index < -0.39 is 29.1 Å². The number of hydrogen-bond donors (Lipinski definition) is 3. The Morgan fingerprint density at radius 1 is 1.14 bits per heavy atom. The number of carbonyl (C=O) groups excluding carboxylic acids is 1. The van der Waals surface area contributed by atoms with Crippen LogP contribution in [0, 0.1) is 5.82 Å². The molecule has 3 rings (SSSR count). The number of carbonyl (C=O) groups is 1. The second kappa shape index (κ2) is 4.58. The highest BCUT2D eigenvalue weighted by molar-refractivity contribution is 5.92. The van der Waals surface area contributed by atoms with Crippen LogP contribution in [0.4, 0.5) is 15.0 Å². The smallest absolute Gasteiger partial charge is 0.327 e. The topological polar surface area (TPSA) is 96.0 Å². The summed E-state index contributed by atoms with van der Waals surface area (Å²) in [6.07, 6.45) is 0. The molecule has 8 heteroatoms. The minimum absolute atomic E-state index is 0.127. The lowest BCUT2D eigenvalue weighted by Gasteiger charge is -2.27. The van der Waals surface area contributed by atoms with Crippen LogP contribution < -0.4 is 21.9 Å². The van der Waals surface area contributed by atoms with Crippen LogP contribution in [0.5, 0.6) is 0 Å². The van der Waals surface area contributed by atoms with E-state index in [2.05, 4.69) is 15.6 Å². The number of aromatic amines is 1. The molecular formula is C13H11FN4O3. The van der Waals surface area contributed by atoms with Gasteiger partial charge in [-0.3, -0.25) is 19.7 Å². The van der Waals surface area contributed by atoms with E-state index in [0.29, 0.717) is 5.56 Å². The number of benzene rings is 1. The number of urea groups is 1. The summed E-state index contributed by atoms with van der Waals surface area (Å²) >= 11 is 0. The van der Waals surface area contributed by atoms with E-state index in [9.17, 15) is 18.8 Å². The number of aromatic nitrogens is 2. The molecule has 7 nitrogen and oxygen atoms in total. The molecule has 0 spiro atoms. The number of H-pyrrole nitrogens is 1. The maximum atomic E-state index is 13.0. The number of fused-ring (bicyclic) bond motifs is 1. The first-order valence-corrected chi connectivity index (χ1v) is 6.13. The van der Waals surface area contributed by atoms with Crippen LogP contribution in [-0.4, -0.2) is 15.6 Å². The van der Waals surface area contributed by atoms with Crippen molar-refractivity contribution in [3.63, 3.8) is 0 Å². The number of halogens is 1. The maximum Gasteiger partial charge on any atom is 0.329 e. The Hall–Kier alpha value is -2.90. The van der Waals surface area contributed by atoms with E-state index >= 15 is 0 Å². The summed E-state index contributed by atoms with van der Waals surface area (Å²) in [6, 6.07) is 4.11.